The number of hydrogen-bond acceptors (Lipinski definition) is 1. The summed E-state index contributed by atoms with van der Waals surface area (Å²) in [6.07, 6.45) is 0.817. The summed E-state index contributed by atoms with van der Waals surface area (Å²) in [5.41, 5.74) is -0.862. The van der Waals surface area contributed by atoms with Crippen LogP contribution in [-0.2, 0) is 0 Å². The van der Waals surface area contributed by atoms with Crippen LogP contribution in [0.3, 0.4) is 0 Å². The number of rotatable bonds is 3. The molecule has 1 rings (SSSR count). The third-order valence-corrected chi connectivity index (χ3v) is 2.33. The zero-order chi connectivity index (χ0) is 13.1. The van der Waals surface area contributed by atoms with Crippen LogP contribution in [0, 0.1) is 12.3 Å². The fourth-order valence-corrected chi connectivity index (χ4v) is 1.40. The Balaban J connectivity index is 3.04. The number of terminal acetylenes is 1. The highest BCUT2D eigenvalue weighted by atomic mass is 19.4. The molecule has 1 aromatic rings. The lowest BCUT2D eigenvalue weighted by Gasteiger charge is -2.29. The number of nitrogens with one attached hydrogen (secondary N) is 1. The molecule has 0 spiro atoms. The minimum atomic E-state index is -4.38. The van der Waals surface area contributed by atoms with Gasteiger partial charge in [-0.25, -0.2) is 0 Å². The van der Waals surface area contributed by atoms with Crippen molar-refractivity contribution in [3.63, 3.8) is 0 Å². The first kappa shape index (κ1) is 13.6. The van der Waals surface area contributed by atoms with E-state index >= 15 is 0 Å². The van der Waals surface area contributed by atoms with Gasteiger partial charge in [-0.3, -0.25) is 5.32 Å². The molecule has 92 valence electrons. The molecule has 0 aliphatic heterocycles. The van der Waals surface area contributed by atoms with E-state index in [1.807, 2.05) is 0 Å². The molecule has 4 heteroatoms. The Morgan fingerprint density at radius 3 is 2.12 bits per heavy atom. The molecule has 1 N–H and O–H groups in total. The van der Waals surface area contributed by atoms with E-state index in [4.69, 9.17) is 6.42 Å². The van der Waals surface area contributed by atoms with Crippen LogP contribution in [-0.4, -0.2) is 11.7 Å². The summed E-state index contributed by atoms with van der Waals surface area (Å²) < 4.78 is 38.8. The van der Waals surface area contributed by atoms with E-state index in [2.05, 4.69) is 11.2 Å². The summed E-state index contributed by atoms with van der Waals surface area (Å²) in [6.45, 7) is 3.07. The molecule has 0 aliphatic rings. The van der Waals surface area contributed by atoms with Gasteiger partial charge in [0.1, 0.15) is 6.04 Å². The van der Waals surface area contributed by atoms with Crippen molar-refractivity contribution in [2.45, 2.75) is 31.6 Å². The van der Waals surface area contributed by atoms with Gasteiger partial charge in [-0.05, 0) is 19.4 Å². The Kier molecular flexibility index (Phi) is 3.84. The maximum Gasteiger partial charge on any atom is 0.407 e. The second-order valence-electron chi connectivity index (χ2n) is 4.30. The summed E-state index contributed by atoms with van der Waals surface area (Å²) >= 11 is 0. The van der Waals surface area contributed by atoms with Crippen molar-refractivity contribution in [1.82, 2.24) is 5.32 Å². The standard InChI is InChI=1S/C13H14F3N/c1-4-12(2,3)17-11(13(14,15)16)10-8-6-5-7-9-10/h1,5-9,11,17H,2-3H3. The molecule has 1 unspecified atom stereocenters. The van der Waals surface area contributed by atoms with E-state index in [0.29, 0.717) is 0 Å². The van der Waals surface area contributed by atoms with Gasteiger partial charge in [0, 0.05) is 0 Å². The lowest BCUT2D eigenvalue weighted by molar-refractivity contribution is -0.160. The summed E-state index contributed by atoms with van der Waals surface area (Å²) in [7, 11) is 0. The highest BCUT2D eigenvalue weighted by Gasteiger charge is 2.42. The average molecular weight is 241 g/mol. The molecule has 0 saturated carbocycles. The first-order valence-electron chi connectivity index (χ1n) is 5.13. The van der Waals surface area contributed by atoms with Crippen LogP contribution < -0.4 is 5.32 Å². The second-order valence-corrected chi connectivity index (χ2v) is 4.30. The van der Waals surface area contributed by atoms with Crippen molar-refractivity contribution in [2.24, 2.45) is 0 Å². The van der Waals surface area contributed by atoms with Crippen molar-refractivity contribution < 1.29 is 13.2 Å². The molecule has 1 nitrogen and oxygen atoms in total. The lowest BCUT2D eigenvalue weighted by atomic mass is 10.0. The molecule has 0 fully saturated rings. The molecular formula is C13H14F3N. The van der Waals surface area contributed by atoms with Crippen LogP contribution in [0.2, 0.25) is 0 Å². The minimum Gasteiger partial charge on any atom is -0.287 e. The first-order valence-corrected chi connectivity index (χ1v) is 5.13. The zero-order valence-electron chi connectivity index (χ0n) is 9.68. The summed E-state index contributed by atoms with van der Waals surface area (Å²) in [6, 6.07) is 5.91. The van der Waals surface area contributed by atoms with Crippen LogP contribution in [0.5, 0.6) is 0 Å². The monoisotopic (exact) mass is 241 g/mol. The van der Waals surface area contributed by atoms with E-state index in [1.54, 1.807) is 18.2 Å². The highest BCUT2D eigenvalue weighted by Crippen LogP contribution is 2.33. The number of halogens is 3. The molecule has 0 heterocycles. The van der Waals surface area contributed by atoms with Crippen molar-refractivity contribution in [1.29, 1.82) is 0 Å². The zero-order valence-corrected chi connectivity index (χ0v) is 9.68. The van der Waals surface area contributed by atoms with Crippen LogP contribution in [0.4, 0.5) is 13.2 Å². The predicted molar refractivity (Wildman–Crippen MR) is 61.3 cm³/mol. The van der Waals surface area contributed by atoms with Gasteiger partial charge in [0.15, 0.2) is 0 Å². The van der Waals surface area contributed by atoms with Gasteiger partial charge in [-0.2, -0.15) is 13.2 Å². The normalized spacial score (nSPS) is 14.1. The van der Waals surface area contributed by atoms with Crippen molar-refractivity contribution in [3.8, 4) is 12.3 Å². The van der Waals surface area contributed by atoms with Gasteiger partial charge in [-0.15, -0.1) is 6.42 Å². The number of benzene rings is 1. The largest absolute Gasteiger partial charge is 0.407 e. The summed E-state index contributed by atoms with van der Waals surface area (Å²) in [5.74, 6) is 2.30. The third kappa shape index (κ3) is 3.79. The molecule has 0 radical (unpaired) electrons. The van der Waals surface area contributed by atoms with Crippen molar-refractivity contribution >= 4 is 0 Å². The predicted octanol–water partition coefficient (Wildman–Crippen LogP) is 3.29. The molecule has 0 aliphatic carbocycles. The number of alkyl halides is 3. The second kappa shape index (κ2) is 4.80. The molecule has 1 atom stereocenters. The van der Waals surface area contributed by atoms with Crippen LogP contribution in [0.15, 0.2) is 30.3 Å². The van der Waals surface area contributed by atoms with Crippen LogP contribution >= 0.6 is 0 Å². The van der Waals surface area contributed by atoms with Crippen LogP contribution in [0.1, 0.15) is 25.5 Å². The average Bonchev–Trinajstić information content (AvgIpc) is 2.26. The van der Waals surface area contributed by atoms with E-state index in [1.165, 1.54) is 26.0 Å². The van der Waals surface area contributed by atoms with Crippen molar-refractivity contribution in [3.05, 3.63) is 35.9 Å². The van der Waals surface area contributed by atoms with E-state index in [-0.39, 0.29) is 5.56 Å². The summed E-state index contributed by atoms with van der Waals surface area (Å²) in [4.78, 5) is 0. The Hall–Kier alpha value is -1.47. The van der Waals surface area contributed by atoms with Gasteiger partial charge in [0.2, 0.25) is 0 Å². The Labute approximate surface area is 99.0 Å². The third-order valence-electron chi connectivity index (χ3n) is 2.33. The highest BCUT2D eigenvalue weighted by molar-refractivity contribution is 5.22. The topological polar surface area (TPSA) is 12.0 Å². The van der Waals surface area contributed by atoms with Gasteiger partial charge in [0.05, 0.1) is 5.54 Å². The Morgan fingerprint density at radius 1 is 1.18 bits per heavy atom. The Bertz CT molecular complexity index is 401. The molecule has 0 saturated heterocycles. The maximum absolute atomic E-state index is 12.9. The molecule has 0 aromatic heterocycles. The SMILES string of the molecule is C#CC(C)(C)NC(c1ccccc1)C(F)(F)F. The van der Waals surface area contributed by atoms with E-state index in [9.17, 15) is 13.2 Å². The summed E-state index contributed by atoms with van der Waals surface area (Å²) in [5, 5.41) is 2.44. The van der Waals surface area contributed by atoms with Gasteiger partial charge in [0.25, 0.3) is 0 Å². The van der Waals surface area contributed by atoms with E-state index in [0.717, 1.165) is 0 Å². The fourth-order valence-electron chi connectivity index (χ4n) is 1.40. The number of hydrogen-bond donors (Lipinski definition) is 1. The molecule has 0 bridgehead atoms. The quantitative estimate of drug-likeness (QED) is 0.801. The minimum absolute atomic E-state index is 0.156. The first-order chi connectivity index (χ1) is 7.76. The van der Waals surface area contributed by atoms with Crippen molar-refractivity contribution in [2.75, 3.05) is 0 Å². The lowest BCUT2D eigenvalue weighted by Crippen LogP contribution is -2.46. The molecule has 0 amide bonds. The molecule has 1 aromatic carbocycles. The maximum atomic E-state index is 12.9. The van der Waals surface area contributed by atoms with Crippen LogP contribution in [0.25, 0.3) is 0 Å². The fraction of sp³-hybridized carbons (Fsp3) is 0.385. The van der Waals surface area contributed by atoms with E-state index < -0.39 is 17.8 Å². The van der Waals surface area contributed by atoms with Gasteiger partial charge >= 0.3 is 6.18 Å². The molecular weight excluding hydrogens is 227 g/mol. The van der Waals surface area contributed by atoms with Gasteiger partial charge < -0.3 is 0 Å². The Morgan fingerprint density at radius 2 is 1.71 bits per heavy atom. The molecule has 17 heavy (non-hydrogen) atoms. The van der Waals surface area contributed by atoms with Gasteiger partial charge in [-0.1, -0.05) is 36.3 Å². The smallest absolute Gasteiger partial charge is 0.287 e.